The lowest BCUT2D eigenvalue weighted by Gasteiger charge is -2.33. The summed E-state index contributed by atoms with van der Waals surface area (Å²) in [5.41, 5.74) is 5.60. The number of rotatable bonds is 1. The minimum absolute atomic E-state index is 0.0132. The molecule has 1 saturated heterocycles. The number of imide groups is 1. The van der Waals surface area contributed by atoms with E-state index in [1.807, 2.05) is 0 Å². The van der Waals surface area contributed by atoms with Crippen molar-refractivity contribution >= 4 is 46.7 Å². The molecule has 8 heteroatoms. The first kappa shape index (κ1) is 12.9. The summed E-state index contributed by atoms with van der Waals surface area (Å²) < 4.78 is 0. The molecule has 0 aromatic carbocycles. The number of halogens is 2. The van der Waals surface area contributed by atoms with E-state index < -0.39 is 17.9 Å². The summed E-state index contributed by atoms with van der Waals surface area (Å²) in [5, 5.41) is 2.69. The lowest BCUT2D eigenvalue weighted by molar-refractivity contribution is -0.132. The molecular formula is C10H10Cl2N4O2. The van der Waals surface area contributed by atoms with E-state index in [1.54, 1.807) is 6.92 Å². The van der Waals surface area contributed by atoms with Crippen LogP contribution in [0.25, 0.3) is 0 Å². The van der Waals surface area contributed by atoms with E-state index in [2.05, 4.69) is 10.3 Å². The third-order valence-electron chi connectivity index (χ3n) is 2.63. The summed E-state index contributed by atoms with van der Waals surface area (Å²) in [5.74, 6) is -0.446. The summed E-state index contributed by atoms with van der Waals surface area (Å²) >= 11 is 11.8. The average molecular weight is 289 g/mol. The molecule has 1 aromatic heterocycles. The van der Waals surface area contributed by atoms with Crippen LogP contribution in [-0.2, 0) is 9.59 Å². The van der Waals surface area contributed by atoms with Crippen LogP contribution in [0.3, 0.4) is 0 Å². The number of anilines is 2. The van der Waals surface area contributed by atoms with E-state index in [0.717, 1.165) is 0 Å². The van der Waals surface area contributed by atoms with Crippen molar-refractivity contribution in [1.29, 1.82) is 0 Å². The molecule has 1 atom stereocenters. The molecule has 2 heterocycles. The molecule has 0 spiro atoms. The van der Waals surface area contributed by atoms with Crippen molar-refractivity contribution in [2.75, 3.05) is 17.2 Å². The van der Waals surface area contributed by atoms with Gasteiger partial charge in [-0.05, 0) is 13.0 Å². The summed E-state index contributed by atoms with van der Waals surface area (Å²) in [6.45, 7) is 1.63. The van der Waals surface area contributed by atoms with Gasteiger partial charge in [0.25, 0.3) is 0 Å². The molecule has 1 unspecified atom stereocenters. The molecule has 3 N–H and O–H groups in total. The van der Waals surface area contributed by atoms with E-state index in [4.69, 9.17) is 28.9 Å². The Morgan fingerprint density at radius 3 is 2.78 bits per heavy atom. The summed E-state index contributed by atoms with van der Waals surface area (Å²) in [4.78, 5) is 28.4. The third kappa shape index (κ3) is 2.21. The zero-order chi connectivity index (χ0) is 13.4. The number of hydrogen-bond acceptors (Lipinski definition) is 5. The van der Waals surface area contributed by atoms with Crippen molar-refractivity contribution in [1.82, 2.24) is 10.3 Å². The third-order valence-corrected chi connectivity index (χ3v) is 3.21. The highest BCUT2D eigenvalue weighted by Crippen LogP contribution is 2.31. The first-order chi connectivity index (χ1) is 8.40. The van der Waals surface area contributed by atoms with Crippen LogP contribution in [0.2, 0.25) is 10.0 Å². The molecule has 96 valence electrons. The number of nitrogens with two attached hydrogens (primary N) is 1. The summed E-state index contributed by atoms with van der Waals surface area (Å²) in [6.07, 6.45) is 0. The molecule has 6 nitrogen and oxygen atoms in total. The van der Waals surface area contributed by atoms with Gasteiger partial charge in [0.05, 0.1) is 16.6 Å². The number of nitrogens with one attached hydrogen (secondary N) is 1. The molecule has 0 aliphatic carbocycles. The smallest absolute Gasteiger partial charge is 0.249 e. The zero-order valence-electron chi connectivity index (χ0n) is 9.41. The Morgan fingerprint density at radius 1 is 1.44 bits per heavy atom. The van der Waals surface area contributed by atoms with Gasteiger partial charge in [-0.25, -0.2) is 4.98 Å². The van der Waals surface area contributed by atoms with Crippen molar-refractivity contribution in [2.45, 2.75) is 13.0 Å². The average Bonchev–Trinajstić information content (AvgIpc) is 2.29. The van der Waals surface area contributed by atoms with Crippen molar-refractivity contribution < 1.29 is 9.59 Å². The Bertz CT molecular complexity index is 535. The minimum atomic E-state index is -0.562. The Kier molecular flexibility index (Phi) is 3.32. The number of aromatic nitrogens is 1. The molecule has 2 rings (SSSR count). The molecule has 0 radical (unpaired) electrons. The van der Waals surface area contributed by atoms with Gasteiger partial charge in [-0.1, -0.05) is 23.2 Å². The molecule has 18 heavy (non-hydrogen) atoms. The number of nitrogens with zero attached hydrogens (tertiary/aromatic N) is 2. The topological polar surface area (TPSA) is 88.3 Å². The first-order valence-corrected chi connectivity index (χ1v) is 5.87. The van der Waals surface area contributed by atoms with Crippen molar-refractivity contribution in [2.24, 2.45) is 0 Å². The van der Waals surface area contributed by atoms with Gasteiger partial charge in [-0.2, -0.15) is 0 Å². The van der Waals surface area contributed by atoms with Crippen LogP contribution >= 0.6 is 23.2 Å². The second-order valence-electron chi connectivity index (χ2n) is 3.88. The maximum absolute atomic E-state index is 11.5. The van der Waals surface area contributed by atoms with Crippen LogP contribution in [0, 0.1) is 0 Å². The van der Waals surface area contributed by atoms with E-state index in [9.17, 15) is 9.59 Å². The van der Waals surface area contributed by atoms with Crippen molar-refractivity contribution in [3.05, 3.63) is 16.1 Å². The van der Waals surface area contributed by atoms with E-state index in [0.29, 0.717) is 0 Å². The highest BCUT2D eigenvalue weighted by atomic mass is 35.5. The number of pyridine rings is 1. The number of piperazine rings is 1. The Labute approximate surface area is 113 Å². The largest absolute Gasteiger partial charge is 0.382 e. The summed E-state index contributed by atoms with van der Waals surface area (Å²) in [6, 6.07) is 0.873. The SMILES string of the molecule is CC1C(=O)NC(=O)CN1c1nc(N)c(Cl)cc1Cl. The fraction of sp³-hybridized carbons (Fsp3) is 0.300. The Balaban J connectivity index is 2.44. The van der Waals surface area contributed by atoms with Gasteiger partial charge in [0.1, 0.15) is 11.9 Å². The van der Waals surface area contributed by atoms with Crippen LogP contribution in [0.1, 0.15) is 6.92 Å². The fourth-order valence-corrected chi connectivity index (χ4v) is 2.11. The number of carbonyl (C=O) groups excluding carboxylic acids is 2. The van der Waals surface area contributed by atoms with E-state index in [1.165, 1.54) is 11.0 Å². The normalized spacial score (nSPS) is 19.9. The van der Waals surface area contributed by atoms with Crippen LogP contribution in [0.15, 0.2) is 6.07 Å². The predicted octanol–water partition coefficient (Wildman–Crippen LogP) is 0.822. The molecule has 1 aliphatic rings. The summed E-state index contributed by atoms with van der Waals surface area (Å²) in [7, 11) is 0. The first-order valence-electron chi connectivity index (χ1n) is 5.12. The Morgan fingerprint density at radius 2 is 2.11 bits per heavy atom. The number of amides is 2. The predicted molar refractivity (Wildman–Crippen MR) is 68.6 cm³/mol. The lowest BCUT2D eigenvalue weighted by atomic mass is 10.2. The molecular weight excluding hydrogens is 279 g/mol. The monoisotopic (exact) mass is 288 g/mol. The fourth-order valence-electron chi connectivity index (χ4n) is 1.64. The maximum Gasteiger partial charge on any atom is 0.249 e. The zero-order valence-corrected chi connectivity index (χ0v) is 10.9. The van der Waals surface area contributed by atoms with Crippen molar-refractivity contribution in [3.8, 4) is 0 Å². The van der Waals surface area contributed by atoms with Crippen LogP contribution in [-0.4, -0.2) is 29.4 Å². The standard InChI is InChI=1S/C10H10Cl2N4O2/c1-4-10(18)14-7(17)3-16(4)9-6(12)2-5(11)8(13)15-9/h2,4H,3H2,1H3,(H2,13,15)(H,14,17,18). The quantitative estimate of drug-likeness (QED) is 0.747. The number of hydrogen-bond donors (Lipinski definition) is 2. The Hall–Kier alpha value is -1.53. The van der Waals surface area contributed by atoms with E-state index in [-0.39, 0.29) is 28.2 Å². The van der Waals surface area contributed by atoms with Crippen LogP contribution in [0.5, 0.6) is 0 Å². The lowest BCUT2D eigenvalue weighted by Crippen LogP contribution is -2.57. The van der Waals surface area contributed by atoms with E-state index >= 15 is 0 Å². The van der Waals surface area contributed by atoms with Gasteiger partial charge in [-0.3, -0.25) is 14.9 Å². The molecule has 0 bridgehead atoms. The molecule has 2 amide bonds. The minimum Gasteiger partial charge on any atom is -0.382 e. The molecule has 0 saturated carbocycles. The molecule has 1 fully saturated rings. The molecule has 1 aliphatic heterocycles. The van der Waals surface area contributed by atoms with Crippen molar-refractivity contribution in [3.63, 3.8) is 0 Å². The number of carbonyl (C=O) groups is 2. The van der Waals surface area contributed by atoms with Gasteiger partial charge in [-0.15, -0.1) is 0 Å². The highest BCUT2D eigenvalue weighted by Gasteiger charge is 2.32. The second kappa shape index (κ2) is 4.62. The van der Waals surface area contributed by atoms with Crippen LogP contribution in [0.4, 0.5) is 11.6 Å². The van der Waals surface area contributed by atoms with Gasteiger partial charge >= 0.3 is 0 Å². The van der Waals surface area contributed by atoms with Gasteiger partial charge in [0, 0.05) is 0 Å². The maximum atomic E-state index is 11.5. The van der Waals surface area contributed by atoms with Gasteiger partial charge < -0.3 is 10.6 Å². The van der Waals surface area contributed by atoms with Gasteiger partial charge in [0.2, 0.25) is 11.8 Å². The second-order valence-corrected chi connectivity index (χ2v) is 4.69. The number of nitrogen functional groups attached to an aromatic ring is 1. The highest BCUT2D eigenvalue weighted by molar-refractivity contribution is 6.37. The molecule has 1 aromatic rings. The van der Waals surface area contributed by atoms with Crippen LogP contribution < -0.4 is 16.0 Å². The van der Waals surface area contributed by atoms with Gasteiger partial charge in [0.15, 0.2) is 5.82 Å².